The summed E-state index contributed by atoms with van der Waals surface area (Å²) in [7, 11) is 0. The van der Waals surface area contributed by atoms with Crippen LogP contribution in [0, 0.1) is 0 Å². The molecule has 336 valence electrons. The van der Waals surface area contributed by atoms with Crippen molar-refractivity contribution < 1.29 is 4.42 Å². The lowest BCUT2D eigenvalue weighted by atomic mass is 9.85. The minimum atomic E-state index is -2.76. The quantitative estimate of drug-likeness (QED) is 0.126. The summed E-state index contributed by atoms with van der Waals surface area (Å²) in [5.41, 5.74) is 16.6. The third-order valence-electron chi connectivity index (χ3n) is 15.3. The van der Waals surface area contributed by atoms with Gasteiger partial charge in [-0.3, -0.25) is 0 Å². The molecule has 0 atom stereocenters. The van der Waals surface area contributed by atoms with Crippen molar-refractivity contribution in [1.29, 1.82) is 0 Å². The zero-order valence-corrected chi connectivity index (χ0v) is 40.4. The van der Waals surface area contributed by atoms with Crippen molar-refractivity contribution in [2.45, 2.75) is 0 Å². The van der Waals surface area contributed by atoms with Gasteiger partial charge in [-0.25, -0.2) is 0 Å². The second-order valence-corrected chi connectivity index (χ2v) is 23.3. The summed E-state index contributed by atoms with van der Waals surface area (Å²) < 4.78 is 6.53. The van der Waals surface area contributed by atoms with E-state index in [4.69, 9.17) is 16.2 Å². The lowest BCUT2D eigenvalue weighted by Gasteiger charge is -2.51. The second kappa shape index (κ2) is 14.9. The summed E-state index contributed by atoms with van der Waals surface area (Å²) in [5.74, 6) is 0. The van der Waals surface area contributed by atoms with Gasteiger partial charge in [0.2, 0.25) is 0 Å². The zero-order valence-electron chi connectivity index (χ0n) is 38.7. The average molecular weight is 954 g/mol. The van der Waals surface area contributed by atoms with E-state index in [1.165, 1.54) is 59.4 Å². The first kappa shape index (κ1) is 40.0. The standard InChI is InChI=1S/C66H40N3OPS/c72-71-64-54-30-16-32-56(64)68(46-22-6-2-7-23-46)58-38-44(39-59(66(58)71)69(47-24-8-3-9-25-47)57-33-17-31-55(65(57)71)67(54)45-20-4-1-5-21-45)63-50-28-14-12-26-48(50)62(49-27-13-15-29-51(49)63)43-34-35-60-52(37-43)53-36-41-18-10-11-19-42(41)40-61(53)70-60/h1-40H. The molecule has 4 heterocycles. The van der Waals surface area contributed by atoms with Crippen LogP contribution >= 0.6 is 6.04 Å². The van der Waals surface area contributed by atoms with E-state index in [1.807, 2.05) is 0 Å². The maximum Gasteiger partial charge on any atom is 0.136 e. The molecule has 13 aromatic rings. The van der Waals surface area contributed by atoms with Gasteiger partial charge in [-0.05, 0) is 152 Å². The number of nitrogens with zero attached hydrogens (tertiary/aromatic N) is 3. The number of anilines is 9. The van der Waals surface area contributed by atoms with Gasteiger partial charge in [0.25, 0.3) is 0 Å². The number of hydrogen-bond donors (Lipinski definition) is 0. The molecule has 4 nitrogen and oxygen atoms in total. The third-order valence-corrected chi connectivity index (χ3v) is 20.2. The van der Waals surface area contributed by atoms with Crippen molar-refractivity contribution >= 4 is 139 Å². The first-order valence-electron chi connectivity index (χ1n) is 24.5. The van der Waals surface area contributed by atoms with Crippen molar-refractivity contribution in [3.63, 3.8) is 0 Å². The molecule has 0 spiro atoms. The summed E-state index contributed by atoms with van der Waals surface area (Å²) in [6, 6.07) is 86.1. The highest BCUT2D eigenvalue weighted by atomic mass is 32.4. The van der Waals surface area contributed by atoms with Crippen LogP contribution in [0.3, 0.4) is 0 Å². The molecule has 0 amide bonds. The average Bonchev–Trinajstić information content (AvgIpc) is 3.80. The molecule has 0 saturated heterocycles. The second-order valence-electron chi connectivity index (χ2n) is 19.1. The largest absolute Gasteiger partial charge is 0.456 e. The molecule has 3 aliphatic heterocycles. The zero-order chi connectivity index (χ0) is 47.2. The van der Waals surface area contributed by atoms with Crippen molar-refractivity contribution in [1.82, 2.24) is 0 Å². The SMILES string of the molecule is S=P12c3c4cccc3N(c3ccccc3)c3cc(-c5c6ccccc6c(-c6ccc7oc8cc9ccccc9cc8c7c6)c6ccccc56)cc(c31)N(c1ccccc1)c1cccc(c12)N4c1ccccc1. The number of furan rings is 1. The fraction of sp³-hybridized carbons (Fsp3) is 0. The highest BCUT2D eigenvalue weighted by Gasteiger charge is 2.51. The third kappa shape index (κ3) is 5.39. The number of hydrogen-bond acceptors (Lipinski definition) is 5. The molecule has 72 heavy (non-hydrogen) atoms. The first-order chi connectivity index (χ1) is 35.6. The Morgan fingerprint density at radius 2 is 0.681 bits per heavy atom. The molecule has 16 rings (SSSR count). The lowest BCUT2D eigenvalue weighted by molar-refractivity contribution is 0.669. The van der Waals surface area contributed by atoms with Gasteiger partial charge < -0.3 is 19.1 Å². The number of rotatable bonds is 5. The van der Waals surface area contributed by atoms with Crippen LogP contribution in [0.25, 0.3) is 76.5 Å². The van der Waals surface area contributed by atoms with Gasteiger partial charge in [0.15, 0.2) is 0 Å². The Bertz CT molecular complexity index is 4330. The monoisotopic (exact) mass is 953 g/mol. The van der Waals surface area contributed by atoms with Crippen LogP contribution in [-0.2, 0) is 11.8 Å². The van der Waals surface area contributed by atoms with Crippen LogP contribution in [-0.4, -0.2) is 0 Å². The van der Waals surface area contributed by atoms with E-state index < -0.39 is 6.04 Å². The van der Waals surface area contributed by atoms with Crippen LogP contribution in [0.2, 0.25) is 0 Å². The molecule has 0 radical (unpaired) electrons. The predicted octanol–water partition coefficient (Wildman–Crippen LogP) is 17.5. The van der Waals surface area contributed by atoms with Crippen LogP contribution in [0.4, 0.5) is 51.2 Å². The fourth-order valence-electron chi connectivity index (χ4n) is 12.5. The molecule has 0 N–H and O–H groups in total. The Labute approximate surface area is 420 Å². The number of benzene rings is 12. The Hall–Kier alpha value is -8.73. The molecular weight excluding hydrogens is 914 g/mol. The van der Waals surface area contributed by atoms with Gasteiger partial charge in [0, 0.05) is 43.7 Å². The van der Waals surface area contributed by atoms with Gasteiger partial charge >= 0.3 is 0 Å². The van der Waals surface area contributed by atoms with Gasteiger partial charge in [0.05, 0.1) is 40.2 Å². The summed E-state index contributed by atoms with van der Waals surface area (Å²) in [5, 5.41) is 13.1. The molecule has 0 aliphatic carbocycles. The topological polar surface area (TPSA) is 22.9 Å². The maximum absolute atomic E-state index is 7.58. The van der Waals surface area contributed by atoms with E-state index in [-0.39, 0.29) is 0 Å². The van der Waals surface area contributed by atoms with Crippen LogP contribution in [0.15, 0.2) is 247 Å². The Morgan fingerprint density at radius 1 is 0.292 bits per heavy atom. The van der Waals surface area contributed by atoms with Gasteiger partial charge in [-0.1, -0.05) is 157 Å². The predicted molar refractivity (Wildman–Crippen MR) is 308 cm³/mol. The van der Waals surface area contributed by atoms with Crippen molar-refractivity contribution in [2.24, 2.45) is 0 Å². The van der Waals surface area contributed by atoms with E-state index in [9.17, 15) is 0 Å². The summed E-state index contributed by atoms with van der Waals surface area (Å²) >= 11 is 7.58. The van der Waals surface area contributed by atoms with Crippen molar-refractivity contribution in [3.8, 4) is 22.3 Å². The minimum Gasteiger partial charge on any atom is -0.456 e. The maximum atomic E-state index is 7.58. The molecule has 6 heteroatoms. The van der Waals surface area contributed by atoms with Crippen LogP contribution in [0.1, 0.15) is 0 Å². The van der Waals surface area contributed by atoms with Crippen LogP contribution < -0.4 is 30.6 Å². The minimum absolute atomic E-state index is 0.888. The van der Waals surface area contributed by atoms with Crippen molar-refractivity contribution in [2.75, 3.05) is 14.7 Å². The number of para-hydroxylation sites is 3. The Balaban J connectivity index is 1.01. The van der Waals surface area contributed by atoms with E-state index in [1.54, 1.807) is 0 Å². The molecule has 1 aromatic heterocycles. The van der Waals surface area contributed by atoms with Crippen LogP contribution in [0.5, 0.6) is 0 Å². The first-order valence-corrected chi connectivity index (χ1v) is 27.3. The van der Waals surface area contributed by atoms with Gasteiger partial charge in [0.1, 0.15) is 11.2 Å². The molecule has 0 bridgehead atoms. The lowest BCUT2D eigenvalue weighted by Crippen LogP contribution is -2.47. The van der Waals surface area contributed by atoms with E-state index >= 15 is 0 Å². The summed E-state index contributed by atoms with van der Waals surface area (Å²) in [6.45, 7) is 0. The van der Waals surface area contributed by atoms with E-state index in [0.717, 1.165) is 84.3 Å². The molecule has 0 saturated carbocycles. The van der Waals surface area contributed by atoms with Crippen molar-refractivity contribution in [3.05, 3.63) is 243 Å². The van der Waals surface area contributed by atoms with E-state index in [2.05, 4.69) is 257 Å². The summed E-state index contributed by atoms with van der Waals surface area (Å²) in [6.07, 6.45) is 0. The Morgan fingerprint density at radius 3 is 1.17 bits per heavy atom. The molecule has 0 fully saturated rings. The molecular formula is C66H40N3OPS. The molecule has 12 aromatic carbocycles. The molecule has 0 unspecified atom stereocenters. The van der Waals surface area contributed by atoms with Gasteiger partial charge in [-0.2, -0.15) is 0 Å². The highest BCUT2D eigenvalue weighted by Crippen LogP contribution is 2.67. The Kier molecular flexibility index (Phi) is 8.29. The number of fused-ring (bicyclic) bond motifs is 6. The highest BCUT2D eigenvalue weighted by molar-refractivity contribution is 8.26. The fourth-order valence-corrected chi connectivity index (χ4v) is 17.8. The molecule has 3 aliphatic rings. The normalized spacial score (nSPS) is 13.9. The van der Waals surface area contributed by atoms with Gasteiger partial charge in [-0.15, -0.1) is 0 Å². The smallest absolute Gasteiger partial charge is 0.136 e. The van der Waals surface area contributed by atoms with E-state index in [0.29, 0.717) is 0 Å². The summed E-state index contributed by atoms with van der Waals surface area (Å²) in [4.78, 5) is 7.46.